The molecule has 0 saturated carbocycles. The Morgan fingerprint density at radius 3 is 2.54 bits per heavy atom. The molecule has 3 aliphatic rings. The predicted octanol–water partition coefficient (Wildman–Crippen LogP) is 0.725. The zero-order chi connectivity index (χ0) is 16.5. The van der Waals surface area contributed by atoms with E-state index in [-0.39, 0.29) is 5.91 Å². The Hall–Kier alpha value is -1.43. The van der Waals surface area contributed by atoms with Gasteiger partial charge in [0.05, 0.1) is 0 Å². The van der Waals surface area contributed by atoms with Gasteiger partial charge in [-0.05, 0) is 36.6 Å². The summed E-state index contributed by atoms with van der Waals surface area (Å²) in [6.45, 7) is 9.39. The Bertz CT molecular complexity index is 585. The van der Waals surface area contributed by atoms with Crippen molar-refractivity contribution in [3.63, 3.8) is 0 Å². The number of nitrogens with one attached hydrogen (secondary N) is 1. The van der Waals surface area contributed by atoms with Gasteiger partial charge in [0.25, 0.3) is 5.91 Å². The van der Waals surface area contributed by atoms with Crippen LogP contribution in [0.15, 0.2) is 24.3 Å². The first-order chi connectivity index (χ1) is 11.7. The molecule has 1 amide bonds. The molecule has 5 nitrogen and oxygen atoms in total. The van der Waals surface area contributed by atoms with Crippen LogP contribution in [0.5, 0.6) is 0 Å². The van der Waals surface area contributed by atoms with Crippen molar-refractivity contribution in [2.75, 3.05) is 59.4 Å². The van der Waals surface area contributed by atoms with Crippen LogP contribution in [0.3, 0.4) is 0 Å². The first-order valence-electron chi connectivity index (χ1n) is 9.19. The quantitative estimate of drug-likeness (QED) is 0.888. The molecule has 3 saturated heterocycles. The average molecular weight is 328 g/mol. The fourth-order valence-corrected chi connectivity index (χ4v) is 4.27. The molecule has 3 fully saturated rings. The van der Waals surface area contributed by atoms with Crippen LogP contribution in [0, 0.1) is 11.8 Å². The van der Waals surface area contributed by atoms with E-state index >= 15 is 0 Å². The number of likely N-dealkylation sites (N-methyl/N-ethyl adjacent to an activating group) is 1. The third kappa shape index (κ3) is 3.34. The number of carbonyl (C=O) groups is 1. The number of nitrogens with zero attached hydrogens (tertiary/aromatic N) is 3. The lowest BCUT2D eigenvalue weighted by Gasteiger charge is -2.32. The minimum Gasteiger partial charge on any atom is -0.338 e. The van der Waals surface area contributed by atoms with Crippen molar-refractivity contribution >= 4 is 5.91 Å². The Balaban J connectivity index is 1.40. The highest BCUT2D eigenvalue weighted by Crippen LogP contribution is 2.27. The number of benzene rings is 1. The topological polar surface area (TPSA) is 38.8 Å². The number of hydrogen-bond acceptors (Lipinski definition) is 4. The summed E-state index contributed by atoms with van der Waals surface area (Å²) >= 11 is 0. The molecule has 24 heavy (non-hydrogen) atoms. The number of fused-ring (bicyclic) bond motifs is 1. The summed E-state index contributed by atoms with van der Waals surface area (Å²) in [5.41, 5.74) is 2.11. The van der Waals surface area contributed by atoms with E-state index in [2.05, 4.69) is 39.2 Å². The summed E-state index contributed by atoms with van der Waals surface area (Å²) in [4.78, 5) is 19.8. The summed E-state index contributed by atoms with van der Waals surface area (Å²) in [5.74, 6) is 1.52. The standard InChI is InChI=1S/C19H28N4O/c1-21-5-7-22(8-6-21)12-15-3-2-4-16(9-15)19(24)23-13-17-10-20-11-18(17)14-23/h2-4,9,17-18,20H,5-8,10-14H2,1H3/t17-,18+. The van der Waals surface area contributed by atoms with Gasteiger partial charge < -0.3 is 15.1 Å². The van der Waals surface area contributed by atoms with Gasteiger partial charge in [-0.25, -0.2) is 0 Å². The SMILES string of the molecule is CN1CCN(Cc2cccc(C(=O)N3C[C@H]4CNC[C@H]4C3)c2)CC1. The van der Waals surface area contributed by atoms with Crippen LogP contribution in [-0.4, -0.2) is 80.0 Å². The van der Waals surface area contributed by atoms with E-state index in [1.54, 1.807) is 0 Å². The lowest BCUT2D eigenvalue weighted by molar-refractivity contribution is 0.0781. The fourth-order valence-electron chi connectivity index (χ4n) is 4.27. The van der Waals surface area contributed by atoms with E-state index in [0.29, 0.717) is 11.8 Å². The fraction of sp³-hybridized carbons (Fsp3) is 0.632. The number of hydrogen-bond donors (Lipinski definition) is 1. The van der Waals surface area contributed by atoms with Crippen LogP contribution >= 0.6 is 0 Å². The molecule has 1 aromatic rings. The van der Waals surface area contributed by atoms with Crippen LogP contribution in [0.1, 0.15) is 15.9 Å². The monoisotopic (exact) mass is 328 g/mol. The van der Waals surface area contributed by atoms with Crippen molar-refractivity contribution in [3.8, 4) is 0 Å². The molecule has 130 valence electrons. The first kappa shape index (κ1) is 16.1. The summed E-state index contributed by atoms with van der Waals surface area (Å²) in [7, 11) is 2.18. The third-order valence-corrected chi connectivity index (χ3v) is 5.85. The maximum absolute atomic E-state index is 12.9. The Kier molecular flexibility index (Phi) is 4.57. The molecular weight excluding hydrogens is 300 g/mol. The van der Waals surface area contributed by atoms with Crippen molar-refractivity contribution in [2.45, 2.75) is 6.54 Å². The smallest absolute Gasteiger partial charge is 0.253 e. The summed E-state index contributed by atoms with van der Waals surface area (Å²) in [6.07, 6.45) is 0. The van der Waals surface area contributed by atoms with Gasteiger partial charge in [0.1, 0.15) is 0 Å². The maximum Gasteiger partial charge on any atom is 0.253 e. The third-order valence-electron chi connectivity index (χ3n) is 5.85. The van der Waals surface area contributed by atoms with Crippen LogP contribution in [0.2, 0.25) is 0 Å². The molecule has 3 heterocycles. The average Bonchev–Trinajstić information content (AvgIpc) is 3.18. The second kappa shape index (κ2) is 6.82. The molecule has 0 spiro atoms. The van der Waals surface area contributed by atoms with Crippen molar-refractivity contribution in [2.24, 2.45) is 11.8 Å². The number of likely N-dealkylation sites (tertiary alicyclic amines) is 1. The van der Waals surface area contributed by atoms with Gasteiger partial charge in [-0.1, -0.05) is 12.1 Å². The van der Waals surface area contributed by atoms with Crippen LogP contribution in [0.4, 0.5) is 0 Å². The molecule has 0 aromatic heterocycles. The minimum atomic E-state index is 0.213. The number of rotatable bonds is 3. The molecular formula is C19H28N4O. The van der Waals surface area contributed by atoms with Crippen LogP contribution < -0.4 is 5.32 Å². The largest absolute Gasteiger partial charge is 0.338 e. The van der Waals surface area contributed by atoms with E-state index in [9.17, 15) is 4.79 Å². The number of carbonyl (C=O) groups excluding carboxylic acids is 1. The molecule has 4 rings (SSSR count). The molecule has 0 unspecified atom stereocenters. The van der Waals surface area contributed by atoms with Crippen molar-refractivity contribution in [1.82, 2.24) is 20.0 Å². The zero-order valence-corrected chi connectivity index (χ0v) is 14.6. The van der Waals surface area contributed by atoms with Gasteiger partial charge in [-0.3, -0.25) is 9.69 Å². The second-order valence-electron chi connectivity index (χ2n) is 7.67. The highest BCUT2D eigenvalue weighted by molar-refractivity contribution is 5.94. The predicted molar refractivity (Wildman–Crippen MR) is 95.0 cm³/mol. The molecule has 3 aliphatic heterocycles. The van der Waals surface area contributed by atoms with Gasteiger partial charge in [-0.2, -0.15) is 0 Å². The molecule has 5 heteroatoms. The molecule has 2 atom stereocenters. The van der Waals surface area contributed by atoms with Crippen LogP contribution in [-0.2, 0) is 6.54 Å². The number of piperazine rings is 1. The Labute approximate surface area is 144 Å². The Morgan fingerprint density at radius 2 is 1.83 bits per heavy atom. The highest BCUT2D eigenvalue weighted by atomic mass is 16.2. The normalized spacial score (nSPS) is 28.3. The molecule has 1 N–H and O–H groups in total. The Morgan fingerprint density at radius 1 is 1.12 bits per heavy atom. The maximum atomic E-state index is 12.9. The molecule has 1 aromatic carbocycles. The van der Waals surface area contributed by atoms with E-state index in [0.717, 1.165) is 64.5 Å². The van der Waals surface area contributed by atoms with E-state index in [4.69, 9.17) is 0 Å². The molecule has 0 aliphatic carbocycles. The van der Waals surface area contributed by atoms with Gasteiger partial charge in [0.15, 0.2) is 0 Å². The van der Waals surface area contributed by atoms with E-state index in [1.807, 2.05) is 12.1 Å². The summed E-state index contributed by atoms with van der Waals surface area (Å²) < 4.78 is 0. The van der Waals surface area contributed by atoms with E-state index in [1.165, 1.54) is 5.56 Å². The van der Waals surface area contributed by atoms with Crippen LogP contribution in [0.25, 0.3) is 0 Å². The van der Waals surface area contributed by atoms with Crippen molar-refractivity contribution < 1.29 is 4.79 Å². The molecule has 0 radical (unpaired) electrons. The van der Waals surface area contributed by atoms with Gasteiger partial charge >= 0.3 is 0 Å². The number of amides is 1. The lowest BCUT2D eigenvalue weighted by Crippen LogP contribution is -2.43. The van der Waals surface area contributed by atoms with Gasteiger partial charge in [0.2, 0.25) is 0 Å². The van der Waals surface area contributed by atoms with Gasteiger partial charge in [0, 0.05) is 64.5 Å². The molecule has 0 bridgehead atoms. The zero-order valence-electron chi connectivity index (χ0n) is 14.6. The highest BCUT2D eigenvalue weighted by Gasteiger charge is 2.38. The minimum absolute atomic E-state index is 0.213. The second-order valence-corrected chi connectivity index (χ2v) is 7.67. The lowest BCUT2D eigenvalue weighted by atomic mass is 10.0. The first-order valence-corrected chi connectivity index (χ1v) is 9.19. The van der Waals surface area contributed by atoms with Gasteiger partial charge in [-0.15, -0.1) is 0 Å². The van der Waals surface area contributed by atoms with Crippen molar-refractivity contribution in [1.29, 1.82) is 0 Å². The summed E-state index contributed by atoms with van der Waals surface area (Å²) in [6, 6.07) is 8.27. The van der Waals surface area contributed by atoms with Crippen molar-refractivity contribution in [3.05, 3.63) is 35.4 Å². The van der Waals surface area contributed by atoms with E-state index < -0.39 is 0 Å². The summed E-state index contributed by atoms with van der Waals surface area (Å²) in [5, 5.41) is 3.43.